The van der Waals surface area contributed by atoms with Gasteiger partial charge in [-0.2, -0.15) is 0 Å². The third kappa shape index (κ3) is 15.2. The van der Waals surface area contributed by atoms with E-state index in [4.69, 9.17) is 13.9 Å². The second-order valence-corrected chi connectivity index (χ2v) is 3.13. The average Bonchev–Trinajstić information content (AvgIpc) is 2.31. The van der Waals surface area contributed by atoms with Crippen molar-refractivity contribution < 1.29 is 0 Å². The minimum absolute atomic E-state index is 1.19. The van der Waals surface area contributed by atoms with Crippen molar-refractivity contribution in [1.82, 2.24) is 0 Å². The fraction of sp³-hybridized carbons (Fsp3) is 0. The van der Waals surface area contributed by atoms with Gasteiger partial charge in [0.15, 0.2) is 0 Å². The average molecular weight is 194 g/mol. The van der Waals surface area contributed by atoms with E-state index in [2.05, 4.69) is 0 Å². The van der Waals surface area contributed by atoms with E-state index in [1.54, 1.807) is 6.69 Å². The monoisotopic (exact) mass is 197 g/mol. The third-order valence-electron chi connectivity index (χ3n) is 1.38. The van der Waals surface area contributed by atoms with Crippen molar-refractivity contribution in [2.75, 3.05) is 0 Å². The Balaban J connectivity index is 3.79. The molecule has 1 radical (unpaired) electrons. The molecule has 0 aromatic rings. The molecule has 0 amide bonds. The zero-order chi connectivity index (χ0) is 11.9. The van der Waals surface area contributed by atoms with E-state index in [1.165, 1.54) is 17.5 Å². The predicted molar refractivity (Wildman–Crippen MR) is 93.9 cm³/mol. The van der Waals surface area contributed by atoms with Crippen molar-refractivity contribution in [3.63, 3.8) is 0 Å². The Morgan fingerprint density at radius 3 is 1.31 bits per heavy atom. The number of rotatable bonds is 6. The van der Waals surface area contributed by atoms with Crippen LogP contribution in [0.5, 0.6) is 0 Å². The van der Waals surface area contributed by atoms with Crippen molar-refractivity contribution in [2.24, 2.45) is 0 Å². The Kier molecular flexibility index (Phi) is 17.4. The Morgan fingerprint density at radius 2 is 0.938 bits per heavy atom. The van der Waals surface area contributed by atoms with Crippen LogP contribution in [0.3, 0.4) is 0 Å². The van der Waals surface area contributed by atoms with Gasteiger partial charge in [0, 0.05) is 0 Å². The summed E-state index contributed by atoms with van der Waals surface area (Å²) in [6.45, 7) is 27.7. The predicted octanol–water partition coefficient (Wildman–Crippen LogP) is -5.06. The molecule has 0 aromatic carbocycles. The van der Waals surface area contributed by atoms with Crippen molar-refractivity contribution in [2.45, 2.75) is 0 Å². The van der Waals surface area contributed by atoms with Crippen LogP contribution in [0.25, 0.3) is 0 Å². The molecule has 0 atom stereocenters. The van der Waals surface area contributed by atoms with Gasteiger partial charge in [-0.05, 0) is 0 Å². The van der Waals surface area contributed by atoms with Gasteiger partial charge in [-0.15, -0.1) is 0 Å². The summed E-state index contributed by atoms with van der Waals surface area (Å²) in [6.07, 6.45) is 1.81. The molecule has 51 valence electrons. The molecule has 0 aliphatic carbocycles. The van der Waals surface area contributed by atoms with E-state index in [0.29, 0.717) is 0 Å². The van der Waals surface area contributed by atoms with Crippen LogP contribution in [0.1, 0.15) is 0 Å². The summed E-state index contributed by atoms with van der Waals surface area (Å²) < 4.78 is 0. The second-order valence-electron chi connectivity index (χ2n) is 2.58. The van der Waals surface area contributed by atoms with E-state index in [1.807, 2.05) is 73.0 Å². The molecule has 0 saturated carbocycles. The summed E-state index contributed by atoms with van der Waals surface area (Å²) in [5.74, 6) is 0. The summed E-state index contributed by atoms with van der Waals surface area (Å²) in [5, 5.41) is 0. The second kappa shape index (κ2) is 16.2. The molecule has 0 saturated heterocycles. The van der Waals surface area contributed by atoms with Gasteiger partial charge >= 0.3 is 111 Å². The summed E-state index contributed by atoms with van der Waals surface area (Å²) in [4.78, 5) is 0. The first kappa shape index (κ1) is 17.2. The van der Waals surface area contributed by atoms with E-state index in [-0.39, 0.29) is 0 Å². The first-order chi connectivity index (χ1) is 7.91. The van der Waals surface area contributed by atoms with E-state index >= 15 is 0 Å². The van der Waals surface area contributed by atoms with Crippen molar-refractivity contribution in [1.29, 1.82) is 0 Å². The van der Waals surface area contributed by atoms with Gasteiger partial charge in [0.05, 0.1) is 0 Å². The van der Waals surface area contributed by atoms with Gasteiger partial charge in [-0.1, -0.05) is 0 Å². The molecular weight excluding hydrogens is 194 g/mol. The fourth-order valence-corrected chi connectivity index (χ4v) is 0.914. The molecule has 0 heterocycles. The zero-order valence-electron chi connectivity index (χ0n) is 9.07. The fourth-order valence-electron chi connectivity index (χ4n) is 0.732. The van der Waals surface area contributed by atoms with Crippen LogP contribution in [0.4, 0.5) is 0 Å². The summed E-state index contributed by atoms with van der Waals surface area (Å²) in [7, 11) is 6.35. The summed E-state index contributed by atoms with van der Waals surface area (Å²) >= 11 is 0. The molecular formula is B15S. The van der Waals surface area contributed by atoms with Gasteiger partial charge in [-0.25, -0.2) is 0 Å². The molecule has 0 rings (SSSR count). The van der Waals surface area contributed by atoms with Gasteiger partial charge in [-0.3, -0.25) is 0 Å². The van der Waals surface area contributed by atoms with Gasteiger partial charge in [0.25, 0.3) is 0 Å². The topological polar surface area (TPSA) is 0 Å². The minimum atomic E-state index is 1.19. The van der Waals surface area contributed by atoms with Crippen LogP contribution < -0.4 is 0 Å². The Morgan fingerprint density at radius 1 is 0.562 bits per heavy atom. The molecule has 0 aromatic heterocycles. The first-order valence-electron chi connectivity index (χ1n) is 4.80. The number of hydrogen-bond donors (Lipinski definition) is 0. The van der Waals surface area contributed by atoms with E-state index in [0.717, 1.165) is 0 Å². The van der Waals surface area contributed by atoms with Crippen molar-refractivity contribution in [3.8, 4) is 0 Å². The molecule has 0 fully saturated rings. The summed E-state index contributed by atoms with van der Waals surface area (Å²) in [5.41, 5.74) is 0. The van der Waals surface area contributed by atoms with Crippen LogP contribution in [-0.4, -0.2) is 100 Å². The molecule has 0 aliphatic rings. The molecule has 16 heavy (non-hydrogen) atoms. The quantitative estimate of drug-likeness (QED) is 0.371. The Hall–Kier alpha value is 1.19. The molecule has 0 nitrogen and oxygen atoms in total. The van der Waals surface area contributed by atoms with Gasteiger partial charge < -0.3 is 0 Å². The van der Waals surface area contributed by atoms with E-state index < -0.39 is 0 Å². The molecule has 0 N–H and O–H groups in total. The van der Waals surface area contributed by atoms with Crippen LogP contribution in [0.15, 0.2) is 0 Å². The molecule has 16 heteroatoms. The van der Waals surface area contributed by atoms with Gasteiger partial charge in [0.2, 0.25) is 0 Å². The first-order valence-corrected chi connectivity index (χ1v) is 5.75. The maximum atomic E-state index is 5.20. The Labute approximate surface area is 111 Å². The molecule has 0 bridgehead atoms. The number of hydrogen-bond acceptors (Lipinski definition) is 0. The van der Waals surface area contributed by atoms with Crippen molar-refractivity contribution in [3.05, 3.63) is 0 Å². The molecule has 0 spiro atoms. The zero-order valence-corrected chi connectivity index (χ0v) is 9.88. The van der Waals surface area contributed by atoms with Crippen LogP contribution in [0.2, 0.25) is 0 Å². The molecule has 0 aliphatic heterocycles. The van der Waals surface area contributed by atoms with Crippen LogP contribution in [-0.2, 0) is 0 Å². The normalized spacial score (nSPS) is 7.06. The third-order valence-corrected chi connectivity index (χ3v) is 1.69. The van der Waals surface area contributed by atoms with Crippen LogP contribution in [0, 0.1) is 0 Å². The van der Waals surface area contributed by atoms with Crippen LogP contribution >= 0.6 is 10.8 Å². The molecule has 0 unspecified atom stereocenters. The van der Waals surface area contributed by atoms with Crippen molar-refractivity contribution >= 4 is 111 Å². The Bertz CT molecular complexity index is 382. The summed E-state index contributed by atoms with van der Waals surface area (Å²) in [6, 6.07) is 0. The maximum absolute atomic E-state index is 5.20. The van der Waals surface area contributed by atoms with Gasteiger partial charge in [0.1, 0.15) is 0 Å². The van der Waals surface area contributed by atoms with E-state index in [9.17, 15) is 0 Å². The SMILES string of the molecule is [B]=BB=BB=BB=BB=BB=BB=BS#B. The standard InChI is InChI=1S/B15S/c1-3-4-5-6-7-8-9-10-11-12-13-14-15-16-2.